The van der Waals surface area contributed by atoms with Gasteiger partial charge in [0.15, 0.2) is 0 Å². The number of rotatable bonds is 4. The molecule has 1 fully saturated rings. The van der Waals surface area contributed by atoms with E-state index in [1.54, 1.807) is 0 Å². The second-order valence-electron chi connectivity index (χ2n) is 5.68. The molecule has 0 spiro atoms. The highest BCUT2D eigenvalue weighted by molar-refractivity contribution is 5.83. The van der Waals surface area contributed by atoms with E-state index in [0.717, 1.165) is 18.4 Å². The van der Waals surface area contributed by atoms with Crippen LogP contribution < -0.4 is 0 Å². The fraction of sp³-hybridized carbons (Fsp3) is 0.588. The third-order valence-corrected chi connectivity index (χ3v) is 4.44. The maximum Gasteiger partial charge on any atom is 0.230 e. The van der Waals surface area contributed by atoms with Crippen LogP contribution in [0.3, 0.4) is 0 Å². The van der Waals surface area contributed by atoms with Gasteiger partial charge in [0.25, 0.3) is 0 Å². The zero-order chi connectivity index (χ0) is 14.5. The summed E-state index contributed by atoms with van der Waals surface area (Å²) in [6.45, 7) is 5.52. The SMILES string of the molecule is CCC(C(=O)N1CCC(O)C(CC)C1)c1ccccc1. The number of likely N-dealkylation sites (tertiary alicyclic amines) is 1. The number of nitrogens with zero attached hydrogens (tertiary/aromatic N) is 1. The van der Waals surface area contributed by atoms with E-state index in [4.69, 9.17) is 0 Å². The van der Waals surface area contributed by atoms with Crippen molar-refractivity contribution in [3.63, 3.8) is 0 Å². The molecule has 3 heteroatoms. The van der Waals surface area contributed by atoms with Gasteiger partial charge in [-0.2, -0.15) is 0 Å². The molecular weight excluding hydrogens is 250 g/mol. The molecule has 1 aliphatic heterocycles. The molecule has 20 heavy (non-hydrogen) atoms. The van der Waals surface area contributed by atoms with Crippen LogP contribution in [0.2, 0.25) is 0 Å². The maximum atomic E-state index is 12.7. The molecule has 1 aromatic carbocycles. The van der Waals surface area contributed by atoms with Crippen molar-refractivity contribution in [1.29, 1.82) is 0 Å². The highest BCUT2D eigenvalue weighted by Gasteiger charge is 2.32. The van der Waals surface area contributed by atoms with Gasteiger partial charge < -0.3 is 10.0 Å². The summed E-state index contributed by atoms with van der Waals surface area (Å²) in [5.41, 5.74) is 1.10. The number of aliphatic hydroxyl groups is 1. The molecule has 0 bridgehead atoms. The van der Waals surface area contributed by atoms with Crippen molar-refractivity contribution in [2.45, 2.75) is 45.1 Å². The van der Waals surface area contributed by atoms with Gasteiger partial charge in [0.1, 0.15) is 0 Å². The molecule has 0 aliphatic carbocycles. The minimum atomic E-state index is -0.249. The molecule has 2 rings (SSSR count). The highest BCUT2D eigenvalue weighted by Crippen LogP contribution is 2.26. The van der Waals surface area contributed by atoms with Crippen LogP contribution in [0.1, 0.15) is 44.6 Å². The molecule has 1 N–H and O–H groups in total. The van der Waals surface area contributed by atoms with Gasteiger partial charge in [-0.1, -0.05) is 44.2 Å². The van der Waals surface area contributed by atoms with Crippen LogP contribution in [-0.2, 0) is 4.79 Å². The standard InChI is InChI=1S/C17H25NO2/c1-3-13-12-18(11-10-16(13)19)17(20)15(4-2)14-8-6-5-7-9-14/h5-9,13,15-16,19H,3-4,10-12H2,1-2H3. The zero-order valence-corrected chi connectivity index (χ0v) is 12.5. The molecule has 0 radical (unpaired) electrons. The lowest BCUT2D eigenvalue weighted by Gasteiger charge is -2.37. The fourth-order valence-electron chi connectivity index (χ4n) is 3.08. The summed E-state index contributed by atoms with van der Waals surface area (Å²) in [7, 11) is 0. The number of aliphatic hydroxyl groups excluding tert-OH is 1. The molecule has 1 saturated heterocycles. The average molecular weight is 275 g/mol. The molecule has 0 aromatic heterocycles. The summed E-state index contributed by atoms with van der Waals surface area (Å²) in [4.78, 5) is 14.7. The number of benzene rings is 1. The summed E-state index contributed by atoms with van der Waals surface area (Å²) < 4.78 is 0. The van der Waals surface area contributed by atoms with Crippen molar-refractivity contribution in [3.05, 3.63) is 35.9 Å². The van der Waals surface area contributed by atoms with E-state index >= 15 is 0 Å². The van der Waals surface area contributed by atoms with E-state index in [9.17, 15) is 9.90 Å². The lowest BCUT2D eigenvalue weighted by Crippen LogP contribution is -2.47. The molecular formula is C17H25NO2. The minimum absolute atomic E-state index is 0.0519. The lowest BCUT2D eigenvalue weighted by atomic mass is 9.89. The first-order valence-electron chi connectivity index (χ1n) is 7.69. The van der Waals surface area contributed by atoms with Crippen LogP contribution in [0.4, 0.5) is 0 Å². The Morgan fingerprint density at radius 2 is 2.05 bits per heavy atom. The Morgan fingerprint density at radius 1 is 1.35 bits per heavy atom. The second kappa shape index (κ2) is 6.89. The molecule has 3 nitrogen and oxygen atoms in total. The molecule has 1 aliphatic rings. The van der Waals surface area contributed by atoms with Gasteiger partial charge >= 0.3 is 0 Å². The predicted octanol–water partition coefficient (Wildman–Crippen LogP) is 2.80. The maximum absolute atomic E-state index is 12.7. The van der Waals surface area contributed by atoms with Crippen molar-refractivity contribution < 1.29 is 9.90 Å². The molecule has 110 valence electrons. The van der Waals surface area contributed by atoms with Gasteiger partial charge in [0.05, 0.1) is 12.0 Å². The number of amides is 1. The smallest absolute Gasteiger partial charge is 0.230 e. The quantitative estimate of drug-likeness (QED) is 0.918. The number of piperidine rings is 1. The van der Waals surface area contributed by atoms with E-state index in [1.165, 1.54) is 0 Å². The minimum Gasteiger partial charge on any atom is -0.393 e. The summed E-state index contributed by atoms with van der Waals surface area (Å²) in [6, 6.07) is 10.0. The Kier molecular flexibility index (Phi) is 5.18. The first-order valence-corrected chi connectivity index (χ1v) is 7.69. The Labute approximate surface area is 121 Å². The Balaban J connectivity index is 2.09. The first kappa shape index (κ1) is 15.0. The van der Waals surface area contributed by atoms with Gasteiger partial charge in [0, 0.05) is 19.0 Å². The summed E-state index contributed by atoms with van der Waals surface area (Å²) >= 11 is 0. The topological polar surface area (TPSA) is 40.5 Å². The van der Waals surface area contributed by atoms with Gasteiger partial charge in [-0.05, 0) is 24.8 Å². The van der Waals surface area contributed by atoms with Crippen LogP contribution in [0, 0.1) is 5.92 Å². The van der Waals surface area contributed by atoms with Crippen LogP contribution in [0.15, 0.2) is 30.3 Å². The van der Waals surface area contributed by atoms with Gasteiger partial charge in [-0.25, -0.2) is 0 Å². The van der Waals surface area contributed by atoms with Crippen LogP contribution in [0.5, 0.6) is 0 Å². The van der Waals surface area contributed by atoms with E-state index in [2.05, 4.69) is 13.8 Å². The highest BCUT2D eigenvalue weighted by atomic mass is 16.3. The van der Waals surface area contributed by atoms with Crippen molar-refractivity contribution in [2.75, 3.05) is 13.1 Å². The third-order valence-electron chi connectivity index (χ3n) is 4.44. The Hall–Kier alpha value is -1.35. The fourth-order valence-corrected chi connectivity index (χ4v) is 3.08. The number of carbonyl (C=O) groups is 1. The average Bonchev–Trinajstić information content (AvgIpc) is 2.49. The summed E-state index contributed by atoms with van der Waals surface area (Å²) in [5, 5.41) is 9.94. The van der Waals surface area contributed by atoms with E-state index in [0.29, 0.717) is 19.5 Å². The molecule has 1 aromatic rings. The molecule has 1 heterocycles. The van der Waals surface area contributed by atoms with Crippen LogP contribution >= 0.6 is 0 Å². The number of hydrogen-bond donors (Lipinski definition) is 1. The molecule has 3 unspecified atom stereocenters. The Morgan fingerprint density at radius 3 is 2.65 bits per heavy atom. The predicted molar refractivity (Wildman–Crippen MR) is 80.5 cm³/mol. The number of hydrogen-bond acceptors (Lipinski definition) is 2. The van der Waals surface area contributed by atoms with Crippen LogP contribution in [0.25, 0.3) is 0 Å². The van der Waals surface area contributed by atoms with Crippen LogP contribution in [-0.4, -0.2) is 35.1 Å². The van der Waals surface area contributed by atoms with Gasteiger partial charge in [-0.3, -0.25) is 4.79 Å². The largest absolute Gasteiger partial charge is 0.393 e. The van der Waals surface area contributed by atoms with E-state index in [1.807, 2.05) is 35.2 Å². The van der Waals surface area contributed by atoms with Crippen molar-refractivity contribution in [1.82, 2.24) is 4.90 Å². The molecule has 0 saturated carbocycles. The van der Waals surface area contributed by atoms with Crippen molar-refractivity contribution in [3.8, 4) is 0 Å². The monoisotopic (exact) mass is 275 g/mol. The zero-order valence-electron chi connectivity index (χ0n) is 12.5. The Bertz CT molecular complexity index is 432. The normalized spacial score (nSPS) is 24.4. The first-order chi connectivity index (χ1) is 9.67. The summed E-state index contributed by atoms with van der Waals surface area (Å²) in [6.07, 6.45) is 2.20. The van der Waals surface area contributed by atoms with Crippen molar-refractivity contribution in [2.24, 2.45) is 5.92 Å². The number of carbonyl (C=O) groups excluding carboxylic acids is 1. The lowest BCUT2D eigenvalue weighted by molar-refractivity contribution is -0.136. The van der Waals surface area contributed by atoms with Crippen molar-refractivity contribution >= 4 is 5.91 Å². The second-order valence-corrected chi connectivity index (χ2v) is 5.68. The molecule has 3 atom stereocenters. The van der Waals surface area contributed by atoms with E-state index in [-0.39, 0.29) is 23.8 Å². The molecule has 1 amide bonds. The summed E-state index contributed by atoms with van der Waals surface area (Å²) in [5.74, 6) is 0.383. The van der Waals surface area contributed by atoms with E-state index < -0.39 is 0 Å². The van der Waals surface area contributed by atoms with Gasteiger partial charge in [-0.15, -0.1) is 0 Å². The third kappa shape index (κ3) is 3.21. The van der Waals surface area contributed by atoms with Gasteiger partial charge in [0.2, 0.25) is 5.91 Å².